The van der Waals surface area contributed by atoms with E-state index in [0.717, 1.165) is 44.1 Å². The lowest BCUT2D eigenvalue weighted by atomic mass is 9.93. The van der Waals surface area contributed by atoms with Crippen molar-refractivity contribution in [2.45, 2.75) is 39.0 Å². The highest BCUT2D eigenvalue weighted by Gasteiger charge is 2.22. The van der Waals surface area contributed by atoms with Crippen molar-refractivity contribution in [2.75, 3.05) is 33.3 Å². The zero-order valence-electron chi connectivity index (χ0n) is 14.7. The van der Waals surface area contributed by atoms with Crippen molar-refractivity contribution in [1.29, 1.82) is 0 Å². The summed E-state index contributed by atoms with van der Waals surface area (Å²) in [4.78, 5) is 14.2. The fourth-order valence-electron chi connectivity index (χ4n) is 3.02. The Kier molecular flexibility index (Phi) is 6.90. The van der Waals surface area contributed by atoms with Gasteiger partial charge in [0.15, 0.2) is 6.61 Å². The van der Waals surface area contributed by atoms with Gasteiger partial charge in [0.2, 0.25) is 0 Å². The summed E-state index contributed by atoms with van der Waals surface area (Å²) in [5.41, 5.74) is 1.24. The maximum atomic E-state index is 12.3. The molecular formula is C19H30N2O2. The van der Waals surface area contributed by atoms with Crippen LogP contribution in [0.4, 0.5) is 0 Å². The summed E-state index contributed by atoms with van der Waals surface area (Å²) in [5.74, 6) is 2.10. The van der Waals surface area contributed by atoms with Gasteiger partial charge in [-0.05, 0) is 62.4 Å². The van der Waals surface area contributed by atoms with Crippen LogP contribution in [0.15, 0.2) is 24.3 Å². The van der Waals surface area contributed by atoms with Crippen LogP contribution in [0.2, 0.25) is 0 Å². The van der Waals surface area contributed by atoms with Crippen LogP contribution in [-0.4, -0.2) is 44.1 Å². The van der Waals surface area contributed by atoms with E-state index >= 15 is 0 Å². The molecule has 0 atom stereocenters. The van der Waals surface area contributed by atoms with E-state index in [-0.39, 0.29) is 12.5 Å². The van der Waals surface area contributed by atoms with Crippen molar-refractivity contribution in [1.82, 2.24) is 10.2 Å². The highest BCUT2D eigenvalue weighted by Crippen LogP contribution is 2.22. The molecule has 128 valence electrons. The Labute approximate surface area is 140 Å². The minimum absolute atomic E-state index is 0.104. The standard InChI is InChI=1S/C19H30N2O2/c1-15(2)17-5-4-6-18(13-17)23-14-19(22)21-11-8-16(9-12-21)7-10-20-3/h4-6,13,15-16,20H,7-12,14H2,1-3H3. The number of nitrogens with one attached hydrogen (secondary N) is 1. The predicted molar refractivity (Wildman–Crippen MR) is 93.9 cm³/mol. The van der Waals surface area contributed by atoms with E-state index in [1.165, 1.54) is 12.0 Å². The molecule has 4 nitrogen and oxygen atoms in total. The van der Waals surface area contributed by atoms with Gasteiger partial charge in [0.25, 0.3) is 5.91 Å². The summed E-state index contributed by atoms with van der Waals surface area (Å²) in [6, 6.07) is 8.03. The van der Waals surface area contributed by atoms with Crippen LogP contribution in [0.1, 0.15) is 44.6 Å². The van der Waals surface area contributed by atoms with Gasteiger partial charge in [-0.25, -0.2) is 0 Å². The van der Waals surface area contributed by atoms with Crippen molar-refractivity contribution >= 4 is 5.91 Å². The minimum atomic E-state index is 0.104. The maximum Gasteiger partial charge on any atom is 0.260 e. The first-order valence-electron chi connectivity index (χ1n) is 8.75. The number of benzene rings is 1. The van der Waals surface area contributed by atoms with Crippen molar-refractivity contribution in [3.63, 3.8) is 0 Å². The number of nitrogens with zero attached hydrogens (tertiary/aromatic N) is 1. The van der Waals surface area contributed by atoms with Crippen molar-refractivity contribution < 1.29 is 9.53 Å². The molecule has 1 aromatic carbocycles. The second-order valence-electron chi connectivity index (χ2n) is 6.73. The second-order valence-corrected chi connectivity index (χ2v) is 6.73. The number of likely N-dealkylation sites (tertiary alicyclic amines) is 1. The molecule has 1 aliphatic heterocycles. The summed E-state index contributed by atoms with van der Waals surface area (Å²) in [6.07, 6.45) is 3.42. The average Bonchev–Trinajstić information content (AvgIpc) is 2.58. The van der Waals surface area contributed by atoms with Crippen LogP contribution in [0, 0.1) is 5.92 Å². The Morgan fingerprint density at radius 3 is 2.74 bits per heavy atom. The zero-order chi connectivity index (χ0) is 16.7. The molecule has 1 aliphatic rings. The lowest BCUT2D eigenvalue weighted by Crippen LogP contribution is -2.41. The van der Waals surface area contributed by atoms with E-state index in [0.29, 0.717) is 5.92 Å². The number of hydrogen-bond donors (Lipinski definition) is 1. The van der Waals surface area contributed by atoms with Gasteiger partial charge in [-0.3, -0.25) is 4.79 Å². The van der Waals surface area contributed by atoms with Crippen molar-refractivity contribution in [3.05, 3.63) is 29.8 Å². The molecule has 0 unspecified atom stereocenters. The van der Waals surface area contributed by atoms with E-state index in [1.807, 2.05) is 30.1 Å². The van der Waals surface area contributed by atoms with Gasteiger partial charge in [0.05, 0.1) is 0 Å². The van der Waals surface area contributed by atoms with E-state index in [1.54, 1.807) is 0 Å². The topological polar surface area (TPSA) is 41.6 Å². The predicted octanol–water partition coefficient (Wildman–Crippen LogP) is 3.04. The molecule has 1 N–H and O–H groups in total. The largest absolute Gasteiger partial charge is 0.484 e. The third kappa shape index (κ3) is 5.54. The van der Waals surface area contributed by atoms with Crippen LogP contribution in [0.5, 0.6) is 5.75 Å². The van der Waals surface area contributed by atoms with E-state index in [4.69, 9.17) is 4.74 Å². The number of carbonyl (C=O) groups is 1. The molecule has 1 saturated heterocycles. The fourth-order valence-corrected chi connectivity index (χ4v) is 3.02. The molecule has 0 radical (unpaired) electrons. The molecule has 1 amide bonds. The fraction of sp³-hybridized carbons (Fsp3) is 0.632. The SMILES string of the molecule is CNCCC1CCN(C(=O)COc2cccc(C(C)C)c2)CC1. The Morgan fingerprint density at radius 1 is 1.35 bits per heavy atom. The minimum Gasteiger partial charge on any atom is -0.484 e. The molecule has 1 fully saturated rings. The number of hydrogen-bond acceptors (Lipinski definition) is 3. The number of rotatable bonds is 7. The highest BCUT2D eigenvalue weighted by atomic mass is 16.5. The molecular weight excluding hydrogens is 288 g/mol. The summed E-state index contributed by atoms with van der Waals surface area (Å²) in [6.45, 7) is 7.24. The van der Waals surface area contributed by atoms with Crippen molar-refractivity contribution in [2.24, 2.45) is 5.92 Å². The van der Waals surface area contributed by atoms with Crippen molar-refractivity contribution in [3.8, 4) is 5.75 Å². The lowest BCUT2D eigenvalue weighted by molar-refractivity contribution is -0.134. The molecule has 1 aromatic rings. The van der Waals surface area contributed by atoms with Crippen LogP contribution in [-0.2, 0) is 4.79 Å². The zero-order valence-corrected chi connectivity index (χ0v) is 14.7. The van der Waals surface area contributed by atoms with Crippen LogP contribution < -0.4 is 10.1 Å². The molecule has 0 saturated carbocycles. The Bertz CT molecular complexity index is 494. The highest BCUT2D eigenvalue weighted by molar-refractivity contribution is 5.77. The molecule has 23 heavy (non-hydrogen) atoms. The van der Waals surface area contributed by atoms with Gasteiger partial charge >= 0.3 is 0 Å². The molecule has 2 rings (SSSR count). The summed E-state index contributed by atoms with van der Waals surface area (Å²) in [5, 5.41) is 3.20. The molecule has 0 spiro atoms. The quantitative estimate of drug-likeness (QED) is 0.840. The van der Waals surface area contributed by atoms with Gasteiger partial charge in [0, 0.05) is 13.1 Å². The molecule has 0 bridgehead atoms. The summed E-state index contributed by atoms with van der Waals surface area (Å²) >= 11 is 0. The summed E-state index contributed by atoms with van der Waals surface area (Å²) in [7, 11) is 1.99. The number of carbonyl (C=O) groups excluding carboxylic acids is 1. The third-order valence-corrected chi connectivity index (χ3v) is 4.66. The Balaban J connectivity index is 1.76. The van der Waals surface area contributed by atoms with Gasteiger partial charge < -0.3 is 15.0 Å². The number of piperidine rings is 1. The normalized spacial score (nSPS) is 15.9. The Hall–Kier alpha value is -1.55. The molecule has 4 heteroatoms. The van der Waals surface area contributed by atoms with E-state index in [9.17, 15) is 4.79 Å². The number of amides is 1. The van der Waals surface area contributed by atoms with Crippen LogP contribution in [0.25, 0.3) is 0 Å². The van der Waals surface area contributed by atoms with Gasteiger partial charge in [0.1, 0.15) is 5.75 Å². The second kappa shape index (κ2) is 8.92. The smallest absolute Gasteiger partial charge is 0.260 e. The average molecular weight is 318 g/mol. The monoisotopic (exact) mass is 318 g/mol. The first-order valence-corrected chi connectivity index (χ1v) is 8.75. The summed E-state index contributed by atoms with van der Waals surface area (Å²) < 4.78 is 5.70. The molecule has 0 aromatic heterocycles. The number of ether oxygens (including phenoxy) is 1. The van der Waals surface area contributed by atoms with E-state index in [2.05, 4.69) is 25.2 Å². The van der Waals surface area contributed by atoms with Gasteiger partial charge in [-0.2, -0.15) is 0 Å². The van der Waals surface area contributed by atoms with E-state index < -0.39 is 0 Å². The van der Waals surface area contributed by atoms with Crippen LogP contribution in [0.3, 0.4) is 0 Å². The van der Waals surface area contributed by atoms with Gasteiger partial charge in [-0.15, -0.1) is 0 Å². The third-order valence-electron chi connectivity index (χ3n) is 4.66. The molecule has 1 heterocycles. The molecule has 0 aliphatic carbocycles. The first-order chi connectivity index (χ1) is 11.1. The van der Waals surface area contributed by atoms with Gasteiger partial charge in [-0.1, -0.05) is 26.0 Å². The lowest BCUT2D eigenvalue weighted by Gasteiger charge is -2.32. The first kappa shape index (κ1) is 17.8. The maximum absolute atomic E-state index is 12.3. The van der Waals surface area contributed by atoms with Crippen LogP contribution >= 0.6 is 0 Å². The Morgan fingerprint density at radius 2 is 2.09 bits per heavy atom.